The van der Waals surface area contributed by atoms with Crippen molar-refractivity contribution in [2.45, 2.75) is 13.0 Å². The predicted octanol–water partition coefficient (Wildman–Crippen LogP) is 2.28. The first-order valence-electron chi connectivity index (χ1n) is 7.98. The van der Waals surface area contributed by atoms with Gasteiger partial charge in [-0.15, -0.1) is 0 Å². The average Bonchev–Trinajstić information content (AvgIpc) is 3.20. The van der Waals surface area contributed by atoms with Crippen LogP contribution in [-0.4, -0.2) is 41.9 Å². The molecule has 2 amide bonds. The van der Waals surface area contributed by atoms with Crippen molar-refractivity contribution in [3.63, 3.8) is 0 Å². The number of para-hydroxylation sites is 1. The van der Waals surface area contributed by atoms with Gasteiger partial charge in [0.2, 0.25) is 11.8 Å². The fourth-order valence-corrected chi connectivity index (χ4v) is 3.30. The van der Waals surface area contributed by atoms with Crippen LogP contribution < -0.4 is 10.2 Å². The lowest BCUT2D eigenvalue weighted by Gasteiger charge is -2.18. The normalized spacial score (nSPS) is 17.1. The second kappa shape index (κ2) is 7.79. The van der Waals surface area contributed by atoms with E-state index >= 15 is 0 Å². The van der Waals surface area contributed by atoms with E-state index in [2.05, 4.69) is 26.3 Å². The molecule has 0 aliphatic carbocycles. The highest BCUT2D eigenvalue weighted by atomic mass is 79.9. The summed E-state index contributed by atoms with van der Waals surface area (Å²) >= 11 is 3.45. The number of methoxy groups -OCH3 is 1. The van der Waals surface area contributed by atoms with Gasteiger partial charge in [-0.25, -0.2) is 0 Å². The van der Waals surface area contributed by atoms with Gasteiger partial charge in [0.15, 0.2) is 0 Å². The Morgan fingerprint density at radius 3 is 3.00 bits per heavy atom. The lowest BCUT2D eigenvalue weighted by Crippen LogP contribution is -2.33. The zero-order chi connectivity index (χ0) is 17.8. The van der Waals surface area contributed by atoms with Crippen LogP contribution in [0.2, 0.25) is 0 Å². The largest absolute Gasteiger partial charge is 0.383 e. The maximum atomic E-state index is 12.6. The van der Waals surface area contributed by atoms with Crippen LogP contribution in [0.3, 0.4) is 0 Å². The molecule has 1 aromatic heterocycles. The number of ether oxygens (including phenoxy) is 1. The van der Waals surface area contributed by atoms with Crippen LogP contribution >= 0.6 is 15.9 Å². The van der Waals surface area contributed by atoms with E-state index in [0.717, 1.165) is 10.2 Å². The van der Waals surface area contributed by atoms with Crippen molar-refractivity contribution in [3.05, 3.63) is 41.1 Å². The Kier molecular flexibility index (Phi) is 5.50. The minimum absolute atomic E-state index is 0.184. The fourth-order valence-electron chi connectivity index (χ4n) is 2.80. The van der Waals surface area contributed by atoms with E-state index < -0.39 is 5.92 Å². The van der Waals surface area contributed by atoms with Gasteiger partial charge in [-0.2, -0.15) is 5.10 Å². The molecule has 1 saturated heterocycles. The molecule has 2 aromatic rings. The first-order valence-corrected chi connectivity index (χ1v) is 8.77. The number of carbonyl (C=O) groups excluding carboxylic acids is 2. The van der Waals surface area contributed by atoms with Gasteiger partial charge in [-0.05, 0) is 34.5 Å². The first kappa shape index (κ1) is 17.6. The number of nitrogens with zero attached hydrogens (tertiary/aromatic N) is 3. The molecule has 1 unspecified atom stereocenters. The van der Waals surface area contributed by atoms with E-state index in [1.165, 1.54) is 0 Å². The van der Waals surface area contributed by atoms with Gasteiger partial charge in [0.1, 0.15) is 5.92 Å². The number of hydrogen-bond acceptors (Lipinski definition) is 4. The van der Waals surface area contributed by atoms with Gasteiger partial charge in [-0.1, -0.05) is 12.1 Å². The van der Waals surface area contributed by atoms with E-state index in [4.69, 9.17) is 4.74 Å². The number of amides is 2. The molecule has 0 saturated carbocycles. The van der Waals surface area contributed by atoms with Gasteiger partial charge >= 0.3 is 0 Å². The molecule has 1 N–H and O–H groups in total. The van der Waals surface area contributed by atoms with Crippen molar-refractivity contribution < 1.29 is 14.3 Å². The van der Waals surface area contributed by atoms with Crippen LogP contribution in [0.15, 0.2) is 41.1 Å². The third-order valence-electron chi connectivity index (χ3n) is 4.09. The summed E-state index contributed by atoms with van der Waals surface area (Å²) in [4.78, 5) is 26.8. The molecule has 1 fully saturated rings. The number of anilines is 2. The summed E-state index contributed by atoms with van der Waals surface area (Å²) in [5, 5.41) is 6.92. The molecule has 0 spiro atoms. The molecule has 7 nitrogen and oxygen atoms in total. The van der Waals surface area contributed by atoms with Crippen LogP contribution in [-0.2, 0) is 20.9 Å². The summed E-state index contributed by atoms with van der Waals surface area (Å²) in [6.45, 7) is 1.66. The Bertz CT molecular complexity index is 777. The van der Waals surface area contributed by atoms with Crippen molar-refractivity contribution in [3.8, 4) is 0 Å². The molecule has 25 heavy (non-hydrogen) atoms. The molecular formula is C17H19BrN4O3. The minimum atomic E-state index is -0.686. The van der Waals surface area contributed by atoms with Gasteiger partial charge in [0.25, 0.3) is 0 Å². The van der Waals surface area contributed by atoms with Crippen LogP contribution in [0, 0.1) is 5.92 Å². The maximum Gasteiger partial charge on any atom is 0.239 e. The summed E-state index contributed by atoms with van der Waals surface area (Å²) in [6, 6.07) is 7.50. The smallest absolute Gasteiger partial charge is 0.239 e. The van der Waals surface area contributed by atoms with Crippen molar-refractivity contribution >= 4 is 39.1 Å². The molecule has 3 rings (SSSR count). The summed E-state index contributed by atoms with van der Waals surface area (Å²) in [5.41, 5.74) is 1.36. The highest BCUT2D eigenvalue weighted by Gasteiger charge is 2.38. The van der Waals surface area contributed by atoms with Crippen molar-refractivity contribution in [1.29, 1.82) is 0 Å². The standard InChI is InChI=1S/C17H19BrN4O3/c1-25-9-8-21-11-12(10-19-21)20-16(23)13-6-7-22(17(13)24)15-5-3-2-4-14(15)18/h2-5,10-11,13H,6-9H2,1H3,(H,20,23). The number of nitrogens with one attached hydrogen (secondary N) is 1. The second-order valence-electron chi connectivity index (χ2n) is 5.76. The van der Waals surface area contributed by atoms with Crippen LogP contribution in [0.25, 0.3) is 0 Å². The summed E-state index contributed by atoms with van der Waals surface area (Å²) in [7, 11) is 1.62. The topological polar surface area (TPSA) is 76.5 Å². The highest BCUT2D eigenvalue weighted by Crippen LogP contribution is 2.31. The molecule has 0 radical (unpaired) electrons. The van der Waals surface area contributed by atoms with E-state index in [1.807, 2.05) is 24.3 Å². The minimum Gasteiger partial charge on any atom is -0.383 e. The number of carbonyl (C=O) groups is 2. The fraction of sp³-hybridized carbons (Fsp3) is 0.353. The van der Waals surface area contributed by atoms with Gasteiger partial charge < -0.3 is 15.0 Å². The van der Waals surface area contributed by atoms with E-state index in [9.17, 15) is 9.59 Å². The molecule has 1 aliphatic rings. The molecular weight excluding hydrogens is 388 g/mol. The predicted molar refractivity (Wildman–Crippen MR) is 97.3 cm³/mol. The van der Waals surface area contributed by atoms with Crippen molar-refractivity contribution in [2.24, 2.45) is 5.92 Å². The molecule has 8 heteroatoms. The number of halogens is 1. The zero-order valence-corrected chi connectivity index (χ0v) is 15.4. The molecule has 132 valence electrons. The molecule has 1 aliphatic heterocycles. The summed E-state index contributed by atoms with van der Waals surface area (Å²) in [5.74, 6) is -1.17. The van der Waals surface area contributed by atoms with E-state index in [0.29, 0.717) is 31.8 Å². The van der Waals surface area contributed by atoms with Gasteiger partial charge in [-0.3, -0.25) is 14.3 Å². The third kappa shape index (κ3) is 3.91. The van der Waals surface area contributed by atoms with Crippen LogP contribution in [0.4, 0.5) is 11.4 Å². The maximum absolute atomic E-state index is 12.6. The first-order chi connectivity index (χ1) is 12.1. The molecule has 1 atom stereocenters. The third-order valence-corrected chi connectivity index (χ3v) is 4.76. The molecule has 2 heterocycles. The lowest BCUT2D eigenvalue weighted by molar-refractivity contribution is -0.129. The van der Waals surface area contributed by atoms with E-state index in [-0.39, 0.29) is 11.8 Å². The quantitative estimate of drug-likeness (QED) is 0.746. The van der Waals surface area contributed by atoms with Gasteiger partial charge in [0.05, 0.1) is 30.7 Å². The van der Waals surface area contributed by atoms with E-state index in [1.54, 1.807) is 29.1 Å². The average molecular weight is 407 g/mol. The second-order valence-corrected chi connectivity index (χ2v) is 6.61. The Balaban J connectivity index is 1.64. The number of benzene rings is 1. The zero-order valence-electron chi connectivity index (χ0n) is 13.8. The van der Waals surface area contributed by atoms with Crippen molar-refractivity contribution in [2.75, 3.05) is 30.5 Å². The number of rotatable bonds is 6. The lowest BCUT2D eigenvalue weighted by atomic mass is 10.1. The monoisotopic (exact) mass is 406 g/mol. The summed E-state index contributed by atoms with van der Waals surface area (Å²) < 4.78 is 7.51. The number of aromatic nitrogens is 2. The Hall–Kier alpha value is -2.19. The Morgan fingerprint density at radius 2 is 2.24 bits per heavy atom. The van der Waals surface area contributed by atoms with Crippen LogP contribution in [0.5, 0.6) is 0 Å². The number of hydrogen-bond donors (Lipinski definition) is 1. The Morgan fingerprint density at radius 1 is 1.44 bits per heavy atom. The van der Waals surface area contributed by atoms with Crippen LogP contribution in [0.1, 0.15) is 6.42 Å². The SMILES string of the molecule is COCCn1cc(NC(=O)C2CCN(c3ccccc3Br)C2=O)cn1. The molecule has 0 bridgehead atoms. The Labute approximate surface area is 154 Å². The van der Waals surface area contributed by atoms with Gasteiger partial charge in [0, 0.05) is 24.3 Å². The summed E-state index contributed by atoms with van der Waals surface area (Å²) in [6.07, 6.45) is 3.78. The van der Waals surface area contributed by atoms with Crippen molar-refractivity contribution in [1.82, 2.24) is 9.78 Å². The highest BCUT2D eigenvalue weighted by molar-refractivity contribution is 9.10. The molecule has 1 aromatic carbocycles.